The predicted octanol–water partition coefficient (Wildman–Crippen LogP) is 20.7. The molecule has 0 N–H and O–H groups in total. The first kappa shape index (κ1) is 43.7. The number of pyridine rings is 1. The number of para-hydroxylation sites is 5. The van der Waals surface area contributed by atoms with Crippen LogP contribution in [0.15, 0.2) is 261 Å². The average molecular weight is 1310 g/mol. The van der Waals surface area contributed by atoms with Crippen LogP contribution in [-0.4, -0.2) is 23.3 Å². The molecule has 0 saturated heterocycles. The molecule has 0 amide bonds. The SMILES string of the molecule is [2H]c1c([2H])c([2H])c(-c2cc(-n3c4ccccc4c4ccccc43)cc(-c3c([2H])c([2H])c([2H])c([2H])c3[2H])c2-n2[c](=[Pt])n(-c3[c-]c(Oc4[c-]c5c(cc4)c4ccccc4n5-c4cc(C(C)(C)C)ccn4)cc(-c4c(-c5ccccc5)cccc4C(C)(C)C)c3)c3ccccc32)c([2H])c1[2H]. The van der Waals surface area contributed by atoms with Crippen molar-refractivity contribution in [1.82, 2.24) is 23.3 Å². The summed E-state index contributed by atoms with van der Waals surface area (Å²) >= 11 is 2.24. The predicted molar refractivity (Wildman–Crippen MR) is 356 cm³/mol. The Morgan fingerprint density at radius 2 is 1.00 bits per heavy atom. The third-order valence-electron chi connectivity index (χ3n) is 16.3. The standard InChI is InChI=1S/C80H61N5O.Pt/c1-79(2,3)57-43-44-81-76(47-57)85-72-38-21-18-33-65(72)66-42-41-60(51-75(66)85)86-61-46-56(77-62(53-25-10-7-11-26-53)34-24-35-69(77)80(4,5)6)45-58(48-61)82-52-83(74-40-23-22-39-73(74)82)78-67(54-27-12-8-13-28-54)49-59(50-68(78)55-29-14-9-15-30-55)84-70-36-19-16-31-63(70)64-32-17-20-37-71(64)84;/h7-47,49-50H,1-6H3;/q-2;/i8D,9D,12D,13D,14D,15D,27D,28D,29D,30D;. The van der Waals surface area contributed by atoms with Crippen molar-refractivity contribution in [3.05, 3.63) is 288 Å². The van der Waals surface area contributed by atoms with Gasteiger partial charge in [-0.25, -0.2) is 0 Å². The van der Waals surface area contributed by atoms with Gasteiger partial charge in [0, 0.05) is 6.20 Å². The zero-order valence-electron chi connectivity index (χ0n) is 58.5. The molecular weight excluding hydrogens is 1240 g/mol. The van der Waals surface area contributed by atoms with E-state index >= 15 is 0 Å². The van der Waals surface area contributed by atoms with Crippen LogP contribution in [0.3, 0.4) is 0 Å². The first-order valence-corrected chi connectivity index (χ1v) is 30.0. The number of ether oxygens (including phenoxy) is 1. The third-order valence-corrected chi connectivity index (χ3v) is 17.4. The Bertz CT molecular complexity index is 5670. The van der Waals surface area contributed by atoms with Gasteiger partial charge >= 0.3 is 479 Å². The summed E-state index contributed by atoms with van der Waals surface area (Å²) in [6.07, 6.45) is 1.85. The second-order valence-electron chi connectivity index (χ2n) is 23.8. The van der Waals surface area contributed by atoms with Crippen LogP contribution in [0, 0.1) is 15.9 Å². The molecule has 4 heterocycles. The molecule has 7 heteroatoms. The van der Waals surface area contributed by atoms with E-state index in [0.717, 1.165) is 82.8 Å². The van der Waals surface area contributed by atoms with Gasteiger partial charge < -0.3 is 0 Å². The first-order valence-electron chi connectivity index (χ1n) is 33.9. The first-order chi connectivity index (χ1) is 46.5. The van der Waals surface area contributed by atoms with Crippen molar-refractivity contribution in [2.45, 2.75) is 52.4 Å². The second-order valence-corrected chi connectivity index (χ2v) is 24.8. The van der Waals surface area contributed by atoms with Crippen molar-refractivity contribution in [3.63, 3.8) is 0 Å². The summed E-state index contributed by atoms with van der Waals surface area (Å²) in [5, 5.41) is 3.81. The molecular formula is C80H61N5OPt-2. The Balaban J connectivity index is 1.06. The molecule has 87 heavy (non-hydrogen) atoms. The molecule has 4 aromatic heterocycles. The summed E-state index contributed by atoms with van der Waals surface area (Å²) in [6, 6.07) is 66.0. The molecule has 0 saturated carbocycles. The molecule has 0 atom stereocenters. The summed E-state index contributed by atoms with van der Waals surface area (Å²) in [5.74, 6) is 1.49. The quantitative estimate of drug-likeness (QED) is 0.128. The van der Waals surface area contributed by atoms with Crippen LogP contribution in [0.5, 0.6) is 11.5 Å². The third kappa shape index (κ3) is 9.38. The van der Waals surface area contributed by atoms with Gasteiger partial charge in [-0.1, -0.05) is 32.9 Å². The van der Waals surface area contributed by atoms with Crippen molar-refractivity contribution in [3.8, 4) is 78.9 Å². The molecule has 424 valence electrons. The second kappa shape index (κ2) is 21.3. The molecule has 0 aliphatic carbocycles. The van der Waals surface area contributed by atoms with Crippen molar-refractivity contribution in [2.75, 3.05) is 0 Å². The monoisotopic (exact) mass is 1310 g/mol. The van der Waals surface area contributed by atoms with Gasteiger partial charge in [-0.3, -0.25) is 0 Å². The molecule has 11 aromatic carbocycles. The number of hydrogen-bond donors (Lipinski definition) is 0. The number of fused-ring (bicyclic) bond motifs is 7. The maximum atomic E-state index is 9.79. The molecule has 0 fully saturated rings. The Labute approximate surface area is 531 Å². The van der Waals surface area contributed by atoms with Gasteiger partial charge in [0.05, 0.1) is 0 Å². The van der Waals surface area contributed by atoms with E-state index in [4.69, 9.17) is 12.5 Å². The van der Waals surface area contributed by atoms with E-state index in [1.165, 1.54) is 0 Å². The van der Waals surface area contributed by atoms with Gasteiger partial charge in [0.1, 0.15) is 0 Å². The molecule has 0 spiro atoms. The number of benzene rings is 11. The Kier molecular flexibility index (Phi) is 10.7. The molecule has 6 nitrogen and oxygen atoms in total. The fourth-order valence-corrected chi connectivity index (χ4v) is 13.5. The fraction of sp³-hybridized carbons (Fsp3) is 0.100. The number of aromatic nitrogens is 5. The van der Waals surface area contributed by atoms with Gasteiger partial charge in [0.25, 0.3) is 0 Å². The van der Waals surface area contributed by atoms with Crippen LogP contribution in [0.25, 0.3) is 122 Å². The molecule has 0 aliphatic heterocycles. The van der Waals surface area contributed by atoms with Crippen molar-refractivity contribution >= 4 is 54.6 Å². The van der Waals surface area contributed by atoms with Crippen LogP contribution < -0.4 is 4.74 Å². The summed E-state index contributed by atoms with van der Waals surface area (Å²) in [6.45, 7) is 13.1. The van der Waals surface area contributed by atoms with E-state index in [1.54, 1.807) is 12.1 Å². The van der Waals surface area contributed by atoms with Crippen LogP contribution in [-0.2, 0) is 30.2 Å². The summed E-state index contributed by atoms with van der Waals surface area (Å²) in [4.78, 5) is 4.94. The number of imidazole rings is 1. The minimum absolute atomic E-state index is 0.126. The summed E-state index contributed by atoms with van der Waals surface area (Å²) in [5.41, 5.74) is 10.9. The molecule has 0 radical (unpaired) electrons. The van der Waals surface area contributed by atoms with Crippen LogP contribution >= 0.6 is 0 Å². The van der Waals surface area contributed by atoms with Crippen molar-refractivity contribution < 1.29 is 37.8 Å². The summed E-state index contributed by atoms with van der Waals surface area (Å²) in [7, 11) is 0. The molecule has 15 rings (SSSR count). The van der Waals surface area contributed by atoms with E-state index in [0.29, 0.717) is 37.7 Å². The van der Waals surface area contributed by atoms with Gasteiger partial charge in [0.15, 0.2) is 0 Å². The van der Waals surface area contributed by atoms with E-state index in [9.17, 15) is 11.0 Å². The van der Waals surface area contributed by atoms with Crippen LogP contribution in [0.1, 0.15) is 66.4 Å². The number of nitrogens with zero attached hydrogens (tertiary/aromatic N) is 5. The van der Waals surface area contributed by atoms with Gasteiger partial charge in [0.2, 0.25) is 0 Å². The number of hydrogen-bond acceptors (Lipinski definition) is 2. The zero-order valence-corrected chi connectivity index (χ0v) is 50.8. The number of rotatable bonds is 10. The fourth-order valence-electron chi connectivity index (χ4n) is 12.4. The Morgan fingerprint density at radius 1 is 0.437 bits per heavy atom. The topological polar surface area (TPSA) is 41.8 Å². The maximum absolute atomic E-state index is 9.79. The summed E-state index contributed by atoms with van der Waals surface area (Å²) < 4.78 is 109. The van der Waals surface area contributed by atoms with E-state index in [2.05, 4.69) is 144 Å². The normalized spacial score (nSPS) is 13.7. The van der Waals surface area contributed by atoms with Gasteiger partial charge in [-0.05, 0) is 17.0 Å². The van der Waals surface area contributed by atoms with E-state index in [1.807, 2.05) is 135 Å². The van der Waals surface area contributed by atoms with Gasteiger partial charge in [-0.15, -0.1) is 0 Å². The molecule has 0 unspecified atom stereocenters. The van der Waals surface area contributed by atoms with Crippen LogP contribution in [0.2, 0.25) is 0 Å². The van der Waals surface area contributed by atoms with Crippen molar-refractivity contribution in [2.24, 2.45) is 0 Å². The zero-order chi connectivity index (χ0) is 67.8. The minimum atomic E-state index is -0.594. The molecule has 0 aliphatic rings. The van der Waals surface area contributed by atoms with Crippen LogP contribution in [0.4, 0.5) is 0 Å². The molecule has 15 aromatic rings. The molecule has 0 bridgehead atoms. The van der Waals surface area contributed by atoms with Crippen molar-refractivity contribution in [1.29, 1.82) is 0 Å². The Hall–Kier alpha value is -9.87. The van der Waals surface area contributed by atoms with Gasteiger partial charge in [-0.2, -0.15) is 0 Å². The Morgan fingerprint density at radius 3 is 1.61 bits per heavy atom. The van der Waals surface area contributed by atoms with E-state index in [-0.39, 0.29) is 38.8 Å². The average Bonchev–Trinajstić information content (AvgIpc) is 1.67. The van der Waals surface area contributed by atoms with E-state index < -0.39 is 60.4 Å².